The van der Waals surface area contributed by atoms with Gasteiger partial charge >= 0.3 is 0 Å². The van der Waals surface area contributed by atoms with Gasteiger partial charge in [-0.3, -0.25) is 9.59 Å². The van der Waals surface area contributed by atoms with Crippen LogP contribution in [-0.2, 0) is 0 Å². The summed E-state index contributed by atoms with van der Waals surface area (Å²) in [5.74, 6) is 0.154. The third-order valence-electron chi connectivity index (χ3n) is 3.79. The van der Waals surface area contributed by atoms with Gasteiger partial charge < -0.3 is 20.3 Å². The van der Waals surface area contributed by atoms with Gasteiger partial charge in [0.25, 0.3) is 5.91 Å². The fourth-order valence-electron chi connectivity index (χ4n) is 2.80. The lowest BCUT2D eigenvalue weighted by atomic mass is 9.98. The summed E-state index contributed by atoms with van der Waals surface area (Å²) in [6, 6.07) is 2.78. The number of carbonyl (C=O) groups is 1. The average Bonchev–Trinajstić information content (AvgIpc) is 2.44. The van der Waals surface area contributed by atoms with Crippen molar-refractivity contribution in [1.29, 1.82) is 0 Å². The molecule has 1 aromatic rings. The Labute approximate surface area is 124 Å². The first kappa shape index (κ1) is 15.7. The van der Waals surface area contributed by atoms with Crippen molar-refractivity contribution in [2.45, 2.75) is 19.8 Å². The second-order valence-corrected chi connectivity index (χ2v) is 5.66. The molecule has 1 aromatic heterocycles. The van der Waals surface area contributed by atoms with Crippen LogP contribution >= 0.6 is 0 Å². The fraction of sp³-hybridized carbons (Fsp3) is 0.600. The molecule has 1 aliphatic heterocycles. The van der Waals surface area contributed by atoms with Crippen LogP contribution in [0.25, 0.3) is 0 Å². The zero-order chi connectivity index (χ0) is 15.2. The molecule has 0 radical (unpaired) electrons. The van der Waals surface area contributed by atoms with Gasteiger partial charge in [-0.05, 0) is 32.2 Å². The van der Waals surface area contributed by atoms with Crippen LogP contribution in [0.2, 0.25) is 0 Å². The van der Waals surface area contributed by atoms with Crippen LogP contribution in [0.4, 0.5) is 0 Å². The highest BCUT2D eigenvalue weighted by molar-refractivity contribution is 5.92. The molecule has 0 spiro atoms. The molecular formula is C15H23N3O3. The topological polar surface area (TPSA) is 85.4 Å². The van der Waals surface area contributed by atoms with E-state index in [1.54, 1.807) is 6.92 Å². The van der Waals surface area contributed by atoms with Crippen LogP contribution in [0, 0.1) is 12.8 Å². The Morgan fingerprint density at radius 1 is 1.52 bits per heavy atom. The van der Waals surface area contributed by atoms with Gasteiger partial charge in [-0.15, -0.1) is 0 Å². The number of nitrogens with zero attached hydrogens (tertiary/aromatic N) is 1. The first-order valence-corrected chi connectivity index (χ1v) is 7.41. The van der Waals surface area contributed by atoms with E-state index < -0.39 is 0 Å². The Morgan fingerprint density at radius 2 is 2.33 bits per heavy atom. The van der Waals surface area contributed by atoms with E-state index >= 15 is 0 Å². The van der Waals surface area contributed by atoms with Crippen LogP contribution in [0.1, 0.15) is 29.0 Å². The van der Waals surface area contributed by atoms with E-state index in [9.17, 15) is 9.59 Å². The molecule has 0 bridgehead atoms. The van der Waals surface area contributed by atoms with E-state index in [0.29, 0.717) is 30.4 Å². The van der Waals surface area contributed by atoms with Crippen molar-refractivity contribution in [3.8, 4) is 0 Å². The van der Waals surface area contributed by atoms with Crippen molar-refractivity contribution >= 4 is 5.91 Å². The van der Waals surface area contributed by atoms with E-state index in [1.807, 2.05) is 0 Å². The first-order chi connectivity index (χ1) is 10.1. The highest BCUT2D eigenvalue weighted by atomic mass is 16.3. The number of likely N-dealkylation sites (tertiary alicyclic amines) is 1. The number of aromatic amines is 1. The second-order valence-electron chi connectivity index (χ2n) is 5.66. The maximum Gasteiger partial charge on any atom is 0.267 e. The molecule has 21 heavy (non-hydrogen) atoms. The number of hydrogen-bond donors (Lipinski definition) is 3. The average molecular weight is 293 g/mol. The quantitative estimate of drug-likeness (QED) is 0.720. The Bertz CT molecular complexity index is 539. The number of amides is 1. The molecule has 0 aliphatic carbocycles. The number of aliphatic hydroxyl groups excluding tert-OH is 1. The van der Waals surface area contributed by atoms with E-state index in [1.165, 1.54) is 12.1 Å². The molecule has 1 fully saturated rings. The van der Waals surface area contributed by atoms with Crippen LogP contribution in [-0.4, -0.2) is 53.7 Å². The summed E-state index contributed by atoms with van der Waals surface area (Å²) in [7, 11) is 0. The van der Waals surface area contributed by atoms with E-state index in [-0.39, 0.29) is 17.9 Å². The largest absolute Gasteiger partial charge is 0.395 e. The lowest BCUT2D eigenvalue weighted by Gasteiger charge is -2.32. The molecule has 6 nitrogen and oxygen atoms in total. The van der Waals surface area contributed by atoms with Gasteiger partial charge in [0.2, 0.25) is 0 Å². The van der Waals surface area contributed by atoms with Crippen molar-refractivity contribution in [1.82, 2.24) is 15.2 Å². The van der Waals surface area contributed by atoms with Crippen molar-refractivity contribution in [3.63, 3.8) is 0 Å². The van der Waals surface area contributed by atoms with Crippen LogP contribution in [0.3, 0.4) is 0 Å². The third kappa shape index (κ3) is 4.68. The Kier molecular flexibility index (Phi) is 5.52. The highest BCUT2D eigenvalue weighted by Gasteiger charge is 2.20. The third-order valence-corrected chi connectivity index (χ3v) is 3.79. The summed E-state index contributed by atoms with van der Waals surface area (Å²) >= 11 is 0. The standard InChI is InChI=1S/C15H23N3O3/c1-11-7-13(20)8-14(17-11)15(21)16-9-12-3-2-4-18(10-12)5-6-19/h7-8,12,19H,2-6,9-10H2,1H3,(H,16,21)(H,17,20)/t12-/m0/s1. The molecule has 116 valence electrons. The highest BCUT2D eigenvalue weighted by Crippen LogP contribution is 2.15. The number of β-amino-alcohol motifs (C(OH)–C–C–N with tert-alkyl or cyclic N) is 1. The predicted octanol–water partition coefficient (Wildman–Crippen LogP) is 0.117. The minimum atomic E-state index is -0.241. The molecule has 1 amide bonds. The molecule has 1 aliphatic rings. The molecular weight excluding hydrogens is 270 g/mol. The molecule has 0 unspecified atom stereocenters. The lowest BCUT2D eigenvalue weighted by Crippen LogP contribution is -2.42. The van der Waals surface area contributed by atoms with Crippen molar-refractivity contribution in [2.24, 2.45) is 5.92 Å². The molecule has 2 rings (SSSR count). The summed E-state index contributed by atoms with van der Waals surface area (Å²) in [6.45, 7) is 5.11. The zero-order valence-corrected chi connectivity index (χ0v) is 12.4. The normalized spacial score (nSPS) is 19.4. The van der Waals surface area contributed by atoms with Gasteiger partial charge in [-0.2, -0.15) is 0 Å². The number of rotatable bonds is 5. The Morgan fingerprint density at radius 3 is 3.05 bits per heavy atom. The number of hydrogen-bond acceptors (Lipinski definition) is 4. The van der Waals surface area contributed by atoms with Gasteiger partial charge in [-0.1, -0.05) is 0 Å². The van der Waals surface area contributed by atoms with Crippen molar-refractivity contribution in [2.75, 3.05) is 32.8 Å². The molecule has 6 heteroatoms. The summed E-state index contributed by atoms with van der Waals surface area (Å²) < 4.78 is 0. The second kappa shape index (κ2) is 7.38. The predicted molar refractivity (Wildman–Crippen MR) is 80.4 cm³/mol. The minimum Gasteiger partial charge on any atom is -0.395 e. The number of nitrogens with one attached hydrogen (secondary N) is 2. The van der Waals surface area contributed by atoms with Crippen molar-refractivity contribution in [3.05, 3.63) is 33.7 Å². The van der Waals surface area contributed by atoms with Crippen LogP contribution in [0.5, 0.6) is 0 Å². The van der Waals surface area contributed by atoms with E-state index in [0.717, 1.165) is 25.9 Å². The molecule has 0 saturated carbocycles. The SMILES string of the molecule is Cc1cc(=O)cc(C(=O)NC[C@@H]2CCCN(CCO)C2)[nH]1. The van der Waals surface area contributed by atoms with Gasteiger partial charge in [0.05, 0.1) is 6.61 Å². The smallest absolute Gasteiger partial charge is 0.267 e. The maximum absolute atomic E-state index is 12.1. The summed E-state index contributed by atoms with van der Waals surface area (Å²) in [5.41, 5.74) is 0.825. The number of aryl methyl sites for hydroxylation is 1. The number of pyridine rings is 1. The Hall–Kier alpha value is -1.66. The van der Waals surface area contributed by atoms with E-state index in [2.05, 4.69) is 15.2 Å². The number of piperidine rings is 1. The molecule has 1 saturated heterocycles. The zero-order valence-electron chi connectivity index (χ0n) is 12.4. The number of aliphatic hydroxyl groups is 1. The lowest BCUT2D eigenvalue weighted by molar-refractivity contribution is 0.0920. The van der Waals surface area contributed by atoms with Gasteiger partial charge in [-0.25, -0.2) is 0 Å². The maximum atomic E-state index is 12.1. The van der Waals surface area contributed by atoms with Gasteiger partial charge in [0.1, 0.15) is 5.69 Å². The first-order valence-electron chi connectivity index (χ1n) is 7.41. The van der Waals surface area contributed by atoms with Gasteiger partial charge in [0.15, 0.2) is 5.43 Å². The molecule has 3 N–H and O–H groups in total. The summed E-state index contributed by atoms with van der Waals surface area (Å²) in [6.07, 6.45) is 2.16. The monoisotopic (exact) mass is 293 g/mol. The van der Waals surface area contributed by atoms with Crippen molar-refractivity contribution < 1.29 is 9.90 Å². The van der Waals surface area contributed by atoms with Crippen LogP contribution in [0.15, 0.2) is 16.9 Å². The fourth-order valence-corrected chi connectivity index (χ4v) is 2.80. The number of aromatic nitrogens is 1. The minimum absolute atomic E-state index is 0.164. The van der Waals surface area contributed by atoms with Gasteiger partial charge in [0, 0.05) is 37.5 Å². The number of H-pyrrole nitrogens is 1. The number of carbonyl (C=O) groups excluding carboxylic acids is 1. The molecule has 2 heterocycles. The van der Waals surface area contributed by atoms with E-state index in [4.69, 9.17) is 5.11 Å². The molecule has 0 aromatic carbocycles. The summed E-state index contributed by atoms with van der Waals surface area (Å²) in [4.78, 5) is 28.6. The van der Waals surface area contributed by atoms with Crippen LogP contribution < -0.4 is 10.7 Å². The molecule has 1 atom stereocenters. The Balaban J connectivity index is 1.87. The summed E-state index contributed by atoms with van der Waals surface area (Å²) in [5, 5.41) is 11.9.